The van der Waals surface area contributed by atoms with Gasteiger partial charge in [-0.3, -0.25) is 9.78 Å². The molecule has 0 aliphatic carbocycles. The summed E-state index contributed by atoms with van der Waals surface area (Å²) >= 11 is 0. The van der Waals surface area contributed by atoms with Crippen molar-refractivity contribution in [3.05, 3.63) is 36.0 Å². The van der Waals surface area contributed by atoms with E-state index in [4.69, 9.17) is 5.73 Å². The molecule has 1 aromatic heterocycles. The summed E-state index contributed by atoms with van der Waals surface area (Å²) in [7, 11) is 0. The number of carbonyl (C=O) groups excluding carboxylic acids is 1. The van der Waals surface area contributed by atoms with Crippen LogP contribution in [0.3, 0.4) is 0 Å². The average Bonchev–Trinajstić information content (AvgIpc) is 2.38. The summed E-state index contributed by atoms with van der Waals surface area (Å²) in [6.45, 7) is 2.38. The number of para-hydroxylation sites is 1. The number of alkyl halides is 3. The number of hydrogen-bond donors (Lipinski definition) is 2. The van der Waals surface area contributed by atoms with Crippen molar-refractivity contribution in [1.29, 1.82) is 0 Å². The van der Waals surface area contributed by atoms with Gasteiger partial charge < -0.3 is 11.1 Å². The van der Waals surface area contributed by atoms with Crippen molar-refractivity contribution in [3.8, 4) is 0 Å². The first kappa shape index (κ1) is 15.2. The molecule has 2 rings (SSSR count). The van der Waals surface area contributed by atoms with E-state index in [0.29, 0.717) is 23.5 Å². The lowest BCUT2D eigenvalue weighted by molar-refractivity contribution is -0.184. The number of rotatable bonds is 2. The van der Waals surface area contributed by atoms with E-state index in [9.17, 15) is 18.0 Å². The number of aromatic nitrogens is 1. The Labute approximate surface area is 119 Å². The standard InChI is InChI=1S/C14H14F3N3O/c1-8-6-7-9-4-3-5-10(11(9)19-8)20-12(21)13(2,18)14(15,16)17/h3-7H,18H2,1-2H3,(H,20,21). The first-order chi connectivity index (χ1) is 9.63. The highest BCUT2D eigenvalue weighted by Gasteiger charge is 2.54. The molecule has 1 atom stereocenters. The molecule has 0 radical (unpaired) electrons. The van der Waals surface area contributed by atoms with Gasteiger partial charge in [-0.15, -0.1) is 0 Å². The van der Waals surface area contributed by atoms with E-state index in [2.05, 4.69) is 10.3 Å². The van der Waals surface area contributed by atoms with Crippen molar-refractivity contribution >= 4 is 22.5 Å². The summed E-state index contributed by atoms with van der Waals surface area (Å²) in [6, 6.07) is 8.41. The largest absolute Gasteiger partial charge is 0.415 e. The van der Waals surface area contributed by atoms with Gasteiger partial charge in [0.15, 0.2) is 5.54 Å². The van der Waals surface area contributed by atoms with Gasteiger partial charge in [-0.05, 0) is 26.0 Å². The zero-order chi connectivity index (χ0) is 15.8. The van der Waals surface area contributed by atoms with Crippen LogP contribution in [-0.4, -0.2) is 22.6 Å². The van der Waals surface area contributed by atoms with Crippen LogP contribution in [0, 0.1) is 6.92 Å². The fourth-order valence-corrected chi connectivity index (χ4v) is 1.73. The molecular weight excluding hydrogens is 283 g/mol. The molecule has 1 amide bonds. The third-order valence-corrected chi connectivity index (χ3v) is 3.17. The van der Waals surface area contributed by atoms with Crippen LogP contribution in [0.15, 0.2) is 30.3 Å². The number of amides is 1. The van der Waals surface area contributed by atoms with Crippen LogP contribution in [0.1, 0.15) is 12.6 Å². The molecule has 0 spiro atoms. The fraction of sp³-hybridized carbons (Fsp3) is 0.286. The maximum absolute atomic E-state index is 12.8. The zero-order valence-corrected chi connectivity index (χ0v) is 11.5. The predicted octanol–water partition coefficient (Wildman–Crippen LogP) is 2.76. The molecule has 0 aliphatic rings. The van der Waals surface area contributed by atoms with Crippen molar-refractivity contribution in [2.75, 3.05) is 5.32 Å². The minimum absolute atomic E-state index is 0.196. The molecule has 0 aliphatic heterocycles. The van der Waals surface area contributed by atoms with E-state index in [1.54, 1.807) is 31.2 Å². The Morgan fingerprint density at radius 2 is 1.90 bits per heavy atom. The maximum atomic E-state index is 12.8. The lowest BCUT2D eigenvalue weighted by atomic mass is 10.0. The quantitative estimate of drug-likeness (QED) is 0.895. The third-order valence-electron chi connectivity index (χ3n) is 3.17. The highest BCUT2D eigenvalue weighted by molar-refractivity contribution is 6.04. The van der Waals surface area contributed by atoms with Crippen molar-refractivity contribution in [2.45, 2.75) is 25.6 Å². The molecule has 0 fully saturated rings. The summed E-state index contributed by atoms with van der Waals surface area (Å²) in [5.41, 5.74) is 3.44. The Morgan fingerprint density at radius 1 is 1.24 bits per heavy atom. The van der Waals surface area contributed by atoms with Gasteiger partial charge in [-0.1, -0.05) is 18.2 Å². The zero-order valence-electron chi connectivity index (χ0n) is 11.5. The smallest absolute Gasteiger partial charge is 0.322 e. The number of carbonyl (C=O) groups is 1. The number of benzene rings is 1. The van der Waals surface area contributed by atoms with Crippen molar-refractivity contribution in [2.24, 2.45) is 5.73 Å². The number of nitrogens with two attached hydrogens (primary N) is 1. The van der Waals surface area contributed by atoms with Crippen LogP contribution in [0.2, 0.25) is 0 Å². The second-order valence-corrected chi connectivity index (χ2v) is 4.98. The molecule has 1 aromatic carbocycles. The molecule has 21 heavy (non-hydrogen) atoms. The topological polar surface area (TPSA) is 68.0 Å². The van der Waals surface area contributed by atoms with Crippen LogP contribution in [0.25, 0.3) is 10.9 Å². The molecule has 0 saturated heterocycles. The summed E-state index contributed by atoms with van der Waals surface area (Å²) in [4.78, 5) is 16.1. The number of nitrogens with one attached hydrogen (secondary N) is 1. The number of fused-ring (bicyclic) bond motifs is 1. The molecule has 2 aromatic rings. The number of pyridine rings is 1. The van der Waals surface area contributed by atoms with Gasteiger partial charge in [-0.25, -0.2) is 0 Å². The van der Waals surface area contributed by atoms with E-state index in [1.165, 1.54) is 6.07 Å². The minimum Gasteiger partial charge on any atom is -0.322 e. The summed E-state index contributed by atoms with van der Waals surface area (Å²) in [5.74, 6) is -1.33. The monoisotopic (exact) mass is 297 g/mol. The van der Waals surface area contributed by atoms with E-state index < -0.39 is 17.6 Å². The fourth-order valence-electron chi connectivity index (χ4n) is 1.73. The normalized spacial score (nSPS) is 14.8. The number of hydrogen-bond acceptors (Lipinski definition) is 3. The van der Waals surface area contributed by atoms with Crippen molar-refractivity contribution in [3.63, 3.8) is 0 Å². The maximum Gasteiger partial charge on any atom is 0.415 e. The van der Waals surface area contributed by atoms with Gasteiger partial charge in [0, 0.05) is 11.1 Å². The number of aryl methyl sites for hydroxylation is 1. The van der Waals surface area contributed by atoms with E-state index in [0.717, 1.165) is 0 Å². The SMILES string of the molecule is Cc1ccc2cccc(NC(=O)C(C)(N)C(F)(F)F)c2n1. The molecule has 0 saturated carbocycles. The number of anilines is 1. The van der Waals surface area contributed by atoms with Gasteiger partial charge >= 0.3 is 6.18 Å². The molecule has 7 heteroatoms. The summed E-state index contributed by atoms with van der Waals surface area (Å²) < 4.78 is 38.3. The van der Waals surface area contributed by atoms with Gasteiger partial charge in [0.2, 0.25) is 0 Å². The Hall–Kier alpha value is -2.15. The molecular formula is C14H14F3N3O. The lowest BCUT2D eigenvalue weighted by Gasteiger charge is -2.26. The van der Waals surface area contributed by atoms with E-state index >= 15 is 0 Å². The van der Waals surface area contributed by atoms with Gasteiger partial charge in [0.05, 0.1) is 11.2 Å². The van der Waals surface area contributed by atoms with Crippen molar-refractivity contribution in [1.82, 2.24) is 4.98 Å². The molecule has 112 valence electrons. The van der Waals surface area contributed by atoms with Crippen LogP contribution >= 0.6 is 0 Å². The first-order valence-electron chi connectivity index (χ1n) is 6.16. The van der Waals surface area contributed by atoms with Crippen LogP contribution in [0.4, 0.5) is 18.9 Å². The molecule has 1 unspecified atom stereocenters. The Bertz CT molecular complexity index is 695. The van der Waals surface area contributed by atoms with Crippen LogP contribution < -0.4 is 11.1 Å². The van der Waals surface area contributed by atoms with Gasteiger partial charge in [-0.2, -0.15) is 13.2 Å². The molecule has 3 N–H and O–H groups in total. The Balaban J connectivity index is 2.41. The Kier molecular flexibility index (Phi) is 3.63. The lowest BCUT2D eigenvalue weighted by Crippen LogP contribution is -2.59. The average molecular weight is 297 g/mol. The van der Waals surface area contributed by atoms with E-state index in [1.807, 2.05) is 0 Å². The second-order valence-electron chi connectivity index (χ2n) is 4.98. The molecule has 1 heterocycles. The highest BCUT2D eigenvalue weighted by Crippen LogP contribution is 2.30. The molecule has 0 bridgehead atoms. The third kappa shape index (κ3) is 2.82. The number of halogens is 3. The Morgan fingerprint density at radius 3 is 2.52 bits per heavy atom. The van der Waals surface area contributed by atoms with E-state index in [-0.39, 0.29) is 5.69 Å². The minimum atomic E-state index is -4.84. The predicted molar refractivity (Wildman–Crippen MR) is 73.8 cm³/mol. The summed E-state index contributed by atoms with van der Waals surface area (Å²) in [5, 5.41) is 2.92. The molecule has 4 nitrogen and oxygen atoms in total. The van der Waals surface area contributed by atoms with Crippen LogP contribution in [0.5, 0.6) is 0 Å². The highest BCUT2D eigenvalue weighted by atomic mass is 19.4. The second kappa shape index (κ2) is 5.00. The van der Waals surface area contributed by atoms with Crippen molar-refractivity contribution < 1.29 is 18.0 Å². The van der Waals surface area contributed by atoms with Crippen LogP contribution in [-0.2, 0) is 4.79 Å². The number of nitrogens with zero attached hydrogens (tertiary/aromatic N) is 1. The first-order valence-corrected chi connectivity index (χ1v) is 6.16. The van der Waals surface area contributed by atoms with Gasteiger partial charge in [0.1, 0.15) is 0 Å². The van der Waals surface area contributed by atoms with Gasteiger partial charge in [0.25, 0.3) is 5.91 Å². The summed E-state index contributed by atoms with van der Waals surface area (Å²) in [6.07, 6.45) is -4.84.